The molecule has 0 aliphatic carbocycles. The summed E-state index contributed by atoms with van der Waals surface area (Å²) in [6.45, 7) is 0. The summed E-state index contributed by atoms with van der Waals surface area (Å²) in [6.07, 6.45) is 0. The van der Waals surface area contributed by atoms with Crippen LogP contribution in [0, 0.1) is 0 Å². The maximum Gasteiger partial charge on any atom is 0.0619 e. The number of nitrogens with zero attached hydrogens (tertiary/aromatic N) is 1. The van der Waals surface area contributed by atoms with Gasteiger partial charge in [0, 0.05) is 22.0 Å². The molecule has 9 rings (SSSR count). The minimum absolute atomic E-state index is 1.17. The van der Waals surface area contributed by atoms with E-state index in [-0.39, 0.29) is 0 Å². The summed E-state index contributed by atoms with van der Waals surface area (Å²) in [7, 11) is 0. The zero-order valence-corrected chi connectivity index (χ0v) is 23.5. The summed E-state index contributed by atoms with van der Waals surface area (Å²) in [5.74, 6) is 0. The van der Waals surface area contributed by atoms with Crippen molar-refractivity contribution < 1.29 is 0 Å². The number of hydrogen-bond acceptors (Lipinski definition) is 0. The third-order valence-corrected chi connectivity index (χ3v) is 8.98. The van der Waals surface area contributed by atoms with Crippen LogP contribution in [-0.4, -0.2) is 4.57 Å². The molecule has 8 aromatic carbocycles. The zero-order chi connectivity index (χ0) is 28.3. The molecule has 0 atom stereocenters. The van der Waals surface area contributed by atoms with Gasteiger partial charge in [-0.05, 0) is 73.3 Å². The highest BCUT2D eigenvalue weighted by atomic mass is 15.0. The summed E-state index contributed by atoms with van der Waals surface area (Å²) in [5, 5.41) is 10.4. The summed E-state index contributed by atoms with van der Waals surface area (Å²) < 4.78 is 2.41. The first-order chi connectivity index (χ1) is 21.3. The van der Waals surface area contributed by atoms with Gasteiger partial charge in [-0.2, -0.15) is 0 Å². The molecule has 0 radical (unpaired) electrons. The van der Waals surface area contributed by atoms with Crippen LogP contribution < -0.4 is 0 Å². The van der Waals surface area contributed by atoms with E-state index in [1.807, 2.05) is 0 Å². The van der Waals surface area contributed by atoms with Crippen LogP contribution in [0.2, 0.25) is 0 Å². The molecule has 0 aliphatic rings. The third kappa shape index (κ3) is 3.65. The van der Waals surface area contributed by atoms with Crippen LogP contribution in [0.1, 0.15) is 0 Å². The number of benzene rings is 8. The van der Waals surface area contributed by atoms with Crippen LogP contribution in [-0.2, 0) is 0 Å². The molecule has 1 heteroatoms. The first-order valence-electron chi connectivity index (χ1n) is 14.9. The van der Waals surface area contributed by atoms with E-state index in [4.69, 9.17) is 0 Å². The molecule has 1 nitrogen and oxygen atoms in total. The molecule has 200 valence electrons. The Labute approximate surface area is 249 Å². The van der Waals surface area contributed by atoms with Gasteiger partial charge < -0.3 is 4.57 Å². The smallest absolute Gasteiger partial charge is 0.0619 e. The maximum absolute atomic E-state index is 2.41. The molecule has 0 unspecified atom stereocenters. The molecule has 0 aliphatic heterocycles. The Morgan fingerprint density at radius 2 is 0.814 bits per heavy atom. The van der Waals surface area contributed by atoms with Crippen molar-refractivity contribution in [3.05, 3.63) is 164 Å². The second-order valence-corrected chi connectivity index (χ2v) is 11.3. The number of fused-ring (bicyclic) bond motifs is 9. The van der Waals surface area contributed by atoms with Gasteiger partial charge in [0.2, 0.25) is 0 Å². The highest BCUT2D eigenvalue weighted by Gasteiger charge is 2.16. The maximum atomic E-state index is 2.41. The Bertz CT molecular complexity index is 2450. The molecule has 0 N–H and O–H groups in total. The number of rotatable bonds is 3. The average molecular weight is 546 g/mol. The summed E-state index contributed by atoms with van der Waals surface area (Å²) in [5.41, 5.74) is 8.55. The average Bonchev–Trinajstić information content (AvgIpc) is 3.43. The lowest BCUT2D eigenvalue weighted by Crippen LogP contribution is -1.95. The second-order valence-electron chi connectivity index (χ2n) is 11.3. The SMILES string of the molecule is c1ccc(-n2c3ccccc3c3cccc(-c4ccc(-c5ccc6c7ccccc7c7ccccc7c6c5)cc4)c32)cc1. The van der Waals surface area contributed by atoms with E-state index in [1.54, 1.807) is 0 Å². The fourth-order valence-corrected chi connectivity index (χ4v) is 7.03. The van der Waals surface area contributed by atoms with Crippen molar-refractivity contribution in [1.82, 2.24) is 4.57 Å². The van der Waals surface area contributed by atoms with Gasteiger partial charge in [-0.15, -0.1) is 0 Å². The Morgan fingerprint density at radius 1 is 0.302 bits per heavy atom. The van der Waals surface area contributed by atoms with Gasteiger partial charge in [-0.1, -0.05) is 140 Å². The molecular formula is C42H27N. The number of hydrogen-bond donors (Lipinski definition) is 0. The van der Waals surface area contributed by atoms with Crippen molar-refractivity contribution in [3.63, 3.8) is 0 Å². The molecule has 1 heterocycles. The molecule has 1 aromatic heterocycles. The number of para-hydroxylation sites is 3. The lowest BCUT2D eigenvalue weighted by Gasteiger charge is -2.13. The summed E-state index contributed by atoms with van der Waals surface area (Å²) >= 11 is 0. The first-order valence-corrected chi connectivity index (χ1v) is 14.9. The molecule has 0 saturated heterocycles. The van der Waals surface area contributed by atoms with Gasteiger partial charge in [0.25, 0.3) is 0 Å². The molecule has 0 saturated carbocycles. The van der Waals surface area contributed by atoms with Crippen molar-refractivity contribution >= 4 is 54.1 Å². The van der Waals surface area contributed by atoms with E-state index in [2.05, 4.69) is 168 Å². The van der Waals surface area contributed by atoms with E-state index in [9.17, 15) is 0 Å². The molecule has 0 amide bonds. The molecule has 9 aromatic rings. The van der Waals surface area contributed by atoms with Gasteiger partial charge in [-0.3, -0.25) is 0 Å². The van der Waals surface area contributed by atoms with Crippen molar-refractivity contribution in [2.45, 2.75) is 0 Å². The number of aromatic nitrogens is 1. The first kappa shape index (κ1) is 24.0. The monoisotopic (exact) mass is 545 g/mol. The van der Waals surface area contributed by atoms with E-state index >= 15 is 0 Å². The molecule has 0 fully saturated rings. The van der Waals surface area contributed by atoms with Gasteiger partial charge in [0.15, 0.2) is 0 Å². The van der Waals surface area contributed by atoms with E-state index in [1.165, 1.54) is 82.1 Å². The van der Waals surface area contributed by atoms with Crippen molar-refractivity contribution in [1.29, 1.82) is 0 Å². The van der Waals surface area contributed by atoms with Gasteiger partial charge >= 0.3 is 0 Å². The normalized spacial score (nSPS) is 11.7. The van der Waals surface area contributed by atoms with Crippen LogP contribution in [0.5, 0.6) is 0 Å². The fourth-order valence-electron chi connectivity index (χ4n) is 7.03. The van der Waals surface area contributed by atoms with Crippen LogP contribution in [0.15, 0.2) is 164 Å². The zero-order valence-electron chi connectivity index (χ0n) is 23.5. The fraction of sp³-hybridized carbons (Fsp3) is 0. The molecule has 0 spiro atoms. The Balaban J connectivity index is 1.22. The largest absolute Gasteiger partial charge is 0.309 e. The second kappa shape index (κ2) is 9.44. The lowest BCUT2D eigenvalue weighted by atomic mass is 9.91. The Morgan fingerprint density at radius 3 is 1.51 bits per heavy atom. The highest BCUT2D eigenvalue weighted by Crippen LogP contribution is 2.40. The van der Waals surface area contributed by atoms with E-state index < -0.39 is 0 Å². The topological polar surface area (TPSA) is 4.93 Å². The highest BCUT2D eigenvalue weighted by molar-refractivity contribution is 6.25. The Hall–Kier alpha value is -5.66. The van der Waals surface area contributed by atoms with E-state index in [0.29, 0.717) is 0 Å². The van der Waals surface area contributed by atoms with Crippen LogP contribution >= 0.6 is 0 Å². The predicted octanol–water partition coefficient (Wildman–Crippen LogP) is 11.6. The third-order valence-electron chi connectivity index (χ3n) is 8.98. The van der Waals surface area contributed by atoms with Crippen molar-refractivity contribution in [2.24, 2.45) is 0 Å². The van der Waals surface area contributed by atoms with Gasteiger partial charge in [0.1, 0.15) is 0 Å². The molecule has 43 heavy (non-hydrogen) atoms. The minimum Gasteiger partial charge on any atom is -0.309 e. The summed E-state index contributed by atoms with van der Waals surface area (Å²) in [6, 6.07) is 59.7. The van der Waals surface area contributed by atoms with Crippen molar-refractivity contribution in [2.75, 3.05) is 0 Å². The van der Waals surface area contributed by atoms with Crippen LogP contribution in [0.4, 0.5) is 0 Å². The summed E-state index contributed by atoms with van der Waals surface area (Å²) in [4.78, 5) is 0. The van der Waals surface area contributed by atoms with Crippen LogP contribution in [0.25, 0.3) is 82.1 Å². The quantitative estimate of drug-likeness (QED) is 0.195. The van der Waals surface area contributed by atoms with Gasteiger partial charge in [0.05, 0.1) is 11.0 Å². The molecule has 0 bridgehead atoms. The minimum atomic E-state index is 1.17. The lowest BCUT2D eigenvalue weighted by molar-refractivity contribution is 1.18. The van der Waals surface area contributed by atoms with Crippen molar-refractivity contribution in [3.8, 4) is 27.9 Å². The van der Waals surface area contributed by atoms with Crippen LogP contribution in [0.3, 0.4) is 0 Å². The standard InChI is InChI=1S/C42H27N/c1-2-11-31(12-3-1)43-41-20-9-8-17-38(41)39-19-10-18-32(42(39)43)29-23-21-28(22-24-29)30-25-26-37-35-15-5-4-13-33(35)34-14-6-7-16-36(34)40(37)27-30/h1-27H. The van der Waals surface area contributed by atoms with E-state index in [0.717, 1.165) is 0 Å². The predicted molar refractivity (Wildman–Crippen MR) is 184 cm³/mol. The van der Waals surface area contributed by atoms with Gasteiger partial charge in [-0.25, -0.2) is 0 Å². The Kier molecular flexibility index (Phi) is 5.27. The molecular weight excluding hydrogens is 518 g/mol.